The van der Waals surface area contributed by atoms with Crippen LogP contribution in [-0.2, 0) is 4.79 Å². The van der Waals surface area contributed by atoms with Crippen molar-refractivity contribution in [1.29, 1.82) is 0 Å². The Morgan fingerprint density at radius 3 is 2.68 bits per heavy atom. The molecule has 6 nitrogen and oxygen atoms in total. The molecule has 0 aromatic heterocycles. The zero-order valence-corrected chi connectivity index (χ0v) is 14.2. The van der Waals surface area contributed by atoms with Crippen LogP contribution in [0.3, 0.4) is 0 Å². The van der Waals surface area contributed by atoms with Crippen molar-refractivity contribution in [1.82, 2.24) is 10.2 Å². The molecule has 1 aromatic carbocycles. The Balaban J connectivity index is 1.48. The van der Waals surface area contributed by atoms with Crippen LogP contribution in [0.4, 0.5) is 14.9 Å². The normalized spacial score (nSPS) is 25.8. The molecule has 1 saturated heterocycles. The number of carbonyl (C=O) groups is 2. The highest BCUT2D eigenvalue weighted by molar-refractivity contribution is 5.89. The van der Waals surface area contributed by atoms with E-state index in [0.29, 0.717) is 31.2 Å². The second-order valence-electron chi connectivity index (χ2n) is 6.91. The van der Waals surface area contributed by atoms with Crippen molar-refractivity contribution in [2.45, 2.75) is 31.7 Å². The highest BCUT2D eigenvalue weighted by atomic mass is 19.1. The number of halogens is 1. The Kier molecular flexibility index (Phi) is 5.53. The lowest BCUT2D eigenvalue weighted by Crippen LogP contribution is -2.42. The summed E-state index contributed by atoms with van der Waals surface area (Å²) < 4.78 is 12.9. The van der Waals surface area contributed by atoms with E-state index in [1.165, 1.54) is 24.3 Å². The summed E-state index contributed by atoms with van der Waals surface area (Å²) in [5, 5.41) is 5.55. The third-order valence-electron chi connectivity index (χ3n) is 5.22. The van der Waals surface area contributed by atoms with Gasteiger partial charge in [0, 0.05) is 30.7 Å². The standard InChI is InChI=1S/C18H25FN4O2/c19-13-4-6-14(7-5-13)21-18(25)22-15-8-9-23(11-15)17(24)16-3-1-2-12(16)10-20/h4-7,12,15-16H,1-3,8-11,20H2,(H2,21,22,25)/t12-,15?,16-/m1/s1. The van der Waals surface area contributed by atoms with Gasteiger partial charge in [-0.05, 0) is 56.0 Å². The molecule has 1 unspecified atom stereocenters. The number of rotatable bonds is 4. The zero-order chi connectivity index (χ0) is 17.8. The van der Waals surface area contributed by atoms with E-state index in [9.17, 15) is 14.0 Å². The van der Waals surface area contributed by atoms with Gasteiger partial charge in [0.15, 0.2) is 0 Å². The quantitative estimate of drug-likeness (QED) is 0.777. The second-order valence-corrected chi connectivity index (χ2v) is 6.91. The molecule has 3 rings (SSSR count). The molecular formula is C18H25FN4O2. The Morgan fingerprint density at radius 2 is 1.96 bits per heavy atom. The van der Waals surface area contributed by atoms with Crippen molar-refractivity contribution in [2.75, 3.05) is 25.0 Å². The first kappa shape index (κ1) is 17.7. The van der Waals surface area contributed by atoms with Crippen LogP contribution in [0.2, 0.25) is 0 Å². The maximum absolute atomic E-state index is 12.9. The molecule has 25 heavy (non-hydrogen) atoms. The summed E-state index contributed by atoms with van der Waals surface area (Å²) in [7, 11) is 0. The summed E-state index contributed by atoms with van der Waals surface area (Å²) in [6.45, 7) is 1.75. The van der Waals surface area contributed by atoms with Crippen LogP contribution in [0.15, 0.2) is 24.3 Å². The average molecular weight is 348 g/mol. The highest BCUT2D eigenvalue weighted by Crippen LogP contribution is 2.33. The molecule has 1 aliphatic heterocycles. The zero-order valence-electron chi connectivity index (χ0n) is 14.2. The van der Waals surface area contributed by atoms with Crippen molar-refractivity contribution < 1.29 is 14.0 Å². The molecule has 7 heteroatoms. The number of hydrogen-bond acceptors (Lipinski definition) is 3. The maximum atomic E-state index is 12.9. The van der Waals surface area contributed by atoms with Crippen molar-refractivity contribution in [3.63, 3.8) is 0 Å². The molecule has 0 bridgehead atoms. The van der Waals surface area contributed by atoms with Gasteiger partial charge in [0.1, 0.15) is 5.82 Å². The summed E-state index contributed by atoms with van der Waals surface area (Å²) in [5.74, 6) is 0.160. The van der Waals surface area contributed by atoms with E-state index in [1.54, 1.807) is 0 Å². The van der Waals surface area contributed by atoms with Crippen LogP contribution < -0.4 is 16.4 Å². The monoisotopic (exact) mass is 348 g/mol. The van der Waals surface area contributed by atoms with Crippen molar-refractivity contribution in [3.8, 4) is 0 Å². The molecule has 2 fully saturated rings. The molecule has 1 aromatic rings. The van der Waals surface area contributed by atoms with Gasteiger partial charge < -0.3 is 21.3 Å². The minimum atomic E-state index is -0.349. The topological polar surface area (TPSA) is 87.5 Å². The van der Waals surface area contributed by atoms with Gasteiger partial charge in [-0.1, -0.05) is 6.42 Å². The number of likely N-dealkylation sites (tertiary alicyclic amines) is 1. The summed E-state index contributed by atoms with van der Waals surface area (Å²) in [5.41, 5.74) is 6.31. The maximum Gasteiger partial charge on any atom is 0.319 e. The predicted molar refractivity (Wildman–Crippen MR) is 93.4 cm³/mol. The molecule has 3 amide bonds. The molecular weight excluding hydrogens is 323 g/mol. The molecule has 1 heterocycles. The van der Waals surface area contributed by atoms with Crippen molar-refractivity contribution >= 4 is 17.6 Å². The van der Waals surface area contributed by atoms with Gasteiger partial charge in [0.25, 0.3) is 0 Å². The fraction of sp³-hybridized carbons (Fsp3) is 0.556. The van der Waals surface area contributed by atoms with Crippen LogP contribution in [0.5, 0.6) is 0 Å². The van der Waals surface area contributed by atoms with Crippen LogP contribution in [-0.4, -0.2) is 42.5 Å². The molecule has 0 spiro atoms. The van der Waals surface area contributed by atoms with E-state index in [4.69, 9.17) is 5.73 Å². The fourth-order valence-electron chi connectivity index (χ4n) is 3.84. The molecule has 2 aliphatic rings. The lowest BCUT2D eigenvalue weighted by molar-refractivity contribution is -0.135. The van der Waals surface area contributed by atoms with Crippen molar-refractivity contribution in [3.05, 3.63) is 30.1 Å². The number of hydrogen-bond donors (Lipinski definition) is 3. The van der Waals surface area contributed by atoms with E-state index >= 15 is 0 Å². The van der Waals surface area contributed by atoms with Gasteiger partial charge >= 0.3 is 6.03 Å². The summed E-state index contributed by atoms with van der Waals surface area (Å²) in [6.07, 6.45) is 3.75. The molecule has 3 atom stereocenters. The molecule has 136 valence electrons. The summed E-state index contributed by atoms with van der Waals surface area (Å²) in [4.78, 5) is 26.6. The van der Waals surface area contributed by atoms with Crippen molar-refractivity contribution in [2.24, 2.45) is 17.6 Å². The van der Waals surface area contributed by atoms with Gasteiger partial charge in [-0.25, -0.2) is 9.18 Å². The van der Waals surface area contributed by atoms with Crippen LogP contribution in [0, 0.1) is 17.7 Å². The summed E-state index contributed by atoms with van der Waals surface area (Å²) >= 11 is 0. The predicted octanol–water partition coefficient (Wildman–Crippen LogP) is 1.92. The fourth-order valence-corrected chi connectivity index (χ4v) is 3.84. The van der Waals surface area contributed by atoms with Crippen LogP contribution >= 0.6 is 0 Å². The van der Waals surface area contributed by atoms with E-state index in [-0.39, 0.29) is 29.7 Å². The number of urea groups is 1. The number of carbonyl (C=O) groups excluding carboxylic acids is 2. The second kappa shape index (κ2) is 7.82. The first-order valence-electron chi connectivity index (χ1n) is 8.88. The number of nitrogens with two attached hydrogens (primary N) is 1. The molecule has 1 aliphatic carbocycles. The lowest BCUT2D eigenvalue weighted by Gasteiger charge is -2.24. The molecule has 4 N–H and O–H groups in total. The minimum absolute atomic E-state index is 0.0387. The van der Waals surface area contributed by atoms with E-state index in [0.717, 1.165) is 25.7 Å². The molecule has 1 saturated carbocycles. The number of nitrogens with one attached hydrogen (secondary N) is 2. The van der Waals surface area contributed by atoms with Gasteiger partial charge in [0.2, 0.25) is 5.91 Å². The lowest BCUT2D eigenvalue weighted by atomic mass is 9.95. The number of benzene rings is 1. The van der Waals surface area contributed by atoms with E-state index in [1.807, 2.05) is 4.90 Å². The third-order valence-corrected chi connectivity index (χ3v) is 5.22. The number of nitrogens with zero attached hydrogens (tertiary/aromatic N) is 1. The summed E-state index contributed by atoms with van der Waals surface area (Å²) in [6, 6.07) is 5.19. The minimum Gasteiger partial charge on any atom is -0.340 e. The van der Waals surface area contributed by atoms with Gasteiger partial charge in [-0.2, -0.15) is 0 Å². The average Bonchev–Trinajstić information content (AvgIpc) is 3.25. The smallest absolute Gasteiger partial charge is 0.319 e. The van der Waals surface area contributed by atoms with E-state index in [2.05, 4.69) is 10.6 Å². The Morgan fingerprint density at radius 1 is 1.20 bits per heavy atom. The highest BCUT2D eigenvalue weighted by Gasteiger charge is 2.37. The van der Waals surface area contributed by atoms with Gasteiger partial charge in [-0.3, -0.25) is 4.79 Å². The molecule has 0 radical (unpaired) electrons. The first-order valence-corrected chi connectivity index (χ1v) is 8.88. The Labute approximate surface area is 146 Å². The Bertz CT molecular complexity index is 622. The number of amides is 3. The van der Waals surface area contributed by atoms with E-state index < -0.39 is 0 Å². The van der Waals surface area contributed by atoms with Gasteiger partial charge in [0.05, 0.1) is 0 Å². The van der Waals surface area contributed by atoms with Crippen LogP contribution in [0.1, 0.15) is 25.7 Å². The SMILES string of the molecule is NC[C@H]1CCC[C@H]1C(=O)N1CCC(NC(=O)Nc2ccc(F)cc2)C1. The van der Waals surface area contributed by atoms with Gasteiger partial charge in [-0.15, -0.1) is 0 Å². The number of anilines is 1. The van der Waals surface area contributed by atoms with Crippen LogP contribution in [0.25, 0.3) is 0 Å². The first-order chi connectivity index (χ1) is 12.1. The Hall–Kier alpha value is -2.15. The third kappa shape index (κ3) is 4.28. The largest absolute Gasteiger partial charge is 0.340 e.